The number of amides is 1. The summed E-state index contributed by atoms with van der Waals surface area (Å²) in [6.07, 6.45) is -8.59. The Bertz CT molecular complexity index is 769. The third kappa shape index (κ3) is 4.90. The number of benzene rings is 1. The Morgan fingerprint density at radius 1 is 1.12 bits per heavy atom. The van der Waals surface area contributed by atoms with Crippen molar-refractivity contribution >= 4 is 23.4 Å². The first kappa shape index (κ1) is 20.1. The molecule has 0 aliphatic heterocycles. The maximum atomic E-state index is 12.8. The molecule has 0 radical (unpaired) electrons. The van der Waals surface area contributed by atoms with Crippen molar-refractivity contribution in [1.29, 1.82) is 0 Å². The average Bonchev–Trinajstić information content (AvgIpc) is 2.90. The molecule has 1 unspecified atom stereocenters. The summed E-state index contributed by atoms with van der Waals surface area (Å²) in [6, 6.07) is 0.896. The molecule has 0 saturated carbocycles. The molecule has 1 atom stereocenters. The number of alkyl halides is 6. The highest BCUT2D eigenvalue weighted by Crippen LogP contribution is 2.37. The van der Waals surface area contributed by atoms with Crippen LogP contribution in [0, 0.1) is 0 Å². The second-order valence-electron chi connectivity index (χ2n) is 5.27. The first-order chi connectivity index (χ1) is 11.9. The van der Waals surface area contributed by atoms with E-state index in [1.54, 1.807) is 7.05 Å². The van der Waals surface area contributed by atoms with Crippen LogP contribution in [-0.2, 0) is 24.2 Å². The van der Waals surface area contributed by atoms with Crippen LogP contribution < -0.4 is 5.32 Å². The average molecular weight is 398 g/mol. The number of thioether (sulfide) groups is 1. The third-order valence-electron chi connectivity index (χ3n) is 3.18. The largest absolute Gasteiger partial charge is 0.416 e. The number of hydrogen-bond donors (Lipinski definition) is 1. The van der Waals surface area contributed by atoms with E-state index in [0.717, 1.165) is 11.8 Å². The predicted molar refractivity (Wildman–Crippen MR) is 81.4 cm³/mol. The lowest BCUT2D eigenvalue weighted by Crippen LogP contribution is -2.23. The molecule has 0 aliphatic rings. The van der Waals surface area contributed by atoms with Crippen LogP contribution in [-0.4, -0.2) is 25.9 Å². The fraction of sp³-hybridized carbons (Fsp3) is 0.357. The van der Waals surface area contributed by atoms with Crippen LogP contribution in [0.1, 0.15) is 18.1 Å². The van der Waals surface area contributed by atoms with Gasteiger partial charge in [0.15, 0.2) is 5.16 Å². The molecule has 0 fully saturated rings. The maximum Gasteiger partial charge on any atom is 0.416 e. The van der Waals surface area contributed by atoms with E-state index in [1.807, 2.05) is 0 Å². The van der Waals surface area contributed by atoms with Crippen LogP contribution in [0.5, 0.6) is 0 Å². The predicted octanol–water partition coefficient (Wildman–Crippen LogP) is 3.97. The summed E-state index contributed by atoms with van der Waals surface area (Å²) in [5.74, 6) is -0.773. The van der Waals surface area contributed by atoms with E-state index in [9.17, 15) is 31.1 Å². The van der Waals surface area contributed by atoms with Crippen LogP contribution >= 0.6 is 11.8 Å². The minimum atomic E-state index is -4.99. The van der Waals surface area contributed by atoms with E-state index in [2.05, 4.69) is 15.5 Å². The summed E-state index contributed by atoms with van der Waals surface area (Å²) in [4.78, 5) is 12.1. The molecule has 1 aromatic carbocycles. The first-order valence-corrected chi connectivity index (χ1v) is 7.87. The molecular formula is C14H12F6N4OS. The lowest BCUT2D eigenvalue weighted by molar-refractivity contribution is -0.143. The molecule has 1 amide bonds. The summed E-state index contributed by atoms with van der Waals surface area (Å²) in [5.41, 5.74) is -3.60. The number of carbonyl (C=O) groups is 1. The van der Waals surface area contributed by atoms with Gasteiger partial charge in [-0.1, -0.05) is 11.8 Å². The fourth-order valence-corrected chi connectivity index (χ4v) is 2.65. The second-order valence-corrected chi connectivity index (χ2v) is 6.58. The van der Waals surface area contributed by atoms with Crippen LogP contribution in [0.15, 0.2) is 29.7 Å². The Morgan fingerprint density at radius 3 is 2.08 bits per heavy atom. The van der Waals surface area contributed by atoms with Crippen molar-refractivity contribution in [3.05, 3.63) is 35.7 Å². The summed E-state index contributed by atoms with van der Waals surface area (Å²) in [5, 5.41) is 8.96. The maximum absolute atomic E-state index is 12.8. The lowest BCUT2D eigenvalue weighted by atomic mass is 10.1. The monoisotopic (exact) mass is 398 g/mol. The van der Waals surface area contributed by atoms with E-state index >= 15 is 0 Å². The van der Waals surface area contributed by atoms with Gasteiger partial charge in [0, 0.05) is 12.7 Å². The smallest absolute Gasteiger partial charge is 0.325 e. The third-order valence-corrected chi connectivity index (χ3v) is 4.32. The van der Waals surface area contributed by atoms with Gasteiger partial charge in [0.25, 0.3) is 0 Å². The van der Waals surface area contributed by atoms with Gasteiger partial charge in [0.2, 0.25) is 5.91 Å². The normalized spacial score (nSPS) is 13.5. The summed E-state index contributed by atoms with van der Waals surface area (Å²) in [7, 11) is 1.62. The van der Waals surface area contributed by atoms with Gasteiger partial charge >= 0.3 is 12.4 Å². The van der Waals surface area contributed by atoms with E-state index in [4.69, 9.17) is 0 Å². The zero-order valence-corrected chi connectivity index (χ0v) is 14.1. The van der Waals surface area contributed by atoms with Gasteiger partial charge in [0.05, 0.1) is 16.4 Å². The van der Waals surface area contributed by atoms with Gasteiger partial charge in [-0.2, -0.15) is 26.3 Å². The molecule has 26 heavy (non-hydrogen) atoms. The number of anilines is 1. The van der Waals surface area contributed by atoms with E-state index in [-0.39, 0.29) is 6.07 Å². The molecule has 2 aromatic rings. The fourth-order valence-electron chi connectivity index (χ4n) is 1.86. The van der Waals surface area contributed by atoms with E-state index in [0.29, 0.717) is 17.3 Å². The topological polar surface area (TPSA) is 59.8 Å². The Morgan fingerprint density at radius 2 is 1.65 bits per heavy atom. The molecule has 1 heterocycles. The van der Waals surface area contributed by atoms with Gasteiger partial charge in [-0.05, 0) is 25.1 Å². The molecule has 2 rings (SSSR count). The summed E-state index contributed by atoms with van der Waals surface area (Å²) < 4.78 is 78.5. The number of rotatable bonds is 4. The quantitative estimate of drug-likeness (QED) is 0.626. The van der Waals surface area contributed by atoms with Crippen LogP contribution in [0.3, 0.4) is 0 Å². The molecule has 0 aliphatic carbocycles. The zero-order valence-electron chi connectivity index (χ0n) is 13.3. The number of nitrogens with zero attached hydrogens (tertiary/aromatic N) is 3. The van der Waals surface area contributed by atoms with Gasteiger partial charge in [0.1, 0.15) is 6.33 Å². The Kier molecular flexibility index (Phi) is 5.54. The van der Waals surface area contributed by atoms with Gasteiger partial charge in [-0.3, -0.25) is 4.79 Å². The molecule has 5 nitrogen and oxygen atoms in total. The molecule has 0 spiro atoms. The highest BCUT2D eigenvalue weighted by atomic mass is 32.2. The van der Waals surface area contributed by atoms with Crippen LogP contribution in [0.4, 0.5) is 32.0 Å². The van der Waals surface area contributed by atoms with Crippen molar-refractivity contribution in [2.75, 3.05) is 5.32 Å². The second kappa shape index (κ2) is 7.17. The van der Waals surface area contributed by atoms with Crippen molar-refractivity contribution in [3.8, 4) is 0 Å². The number of halogens is 6. The Labute approximate surface area is 147 Å². The van der Waals surface area contributed by atoms with Crippen LogP contribution in [0.2, 0.25) is 0 Å². The van der Waals surface area contributed by atoms with Crippen molar-refractivity contribution in [3.63, 3.8) is 0 Å². The van der Waals surface area contributed by atoms with Crippen LogP contribution in [0.25, 0.3) is 0 Å². The molecule has 0 bridgehead atoms. The number of nitrogens with one attached hydrogen (secondary N) is 1. The number of hydrogen-bond acceptors (Lipinski definition) is 4. The van der Waals surface area contributed by atoms with Gasteiger partial charge in [-0.25, -0.2) is 0 Å². The van der Waals surface area contributed by atoms with Gasteiger partial charge in [-0.15, -0.1) is 10.2 Å². The molecule has 142 valence electrons. The SMILES string of the molecule is CC(Sc1nncn1C)C(=O)Nc1cc(C(F)(F)F)cc(C(F)(F)F)c1. The van der Waals surface area contributed by atoms with Gasteiger partial charge < -0.3 is 9.88 Å². The molecule has 12 heteroatoms. The van der Waals surface area contributed by atoms with Crippen molar-refractivity contribution in [2.24, 2.45) is 7.05 Å². The highest BCUT2D eigenvalue weighted by Gasteiger charge is 2.37. The zero-order chi connectivity index (χ0) is 19.7. The summed E-state index contributed by atoms with van der Waals surface area (Å²) >= 11 is 0.957. The molecule has 1 N–H and O–H groups in total. The first-order valence-electron chi connectivity index (χ1n) is 6.99. The van der Waals surface area contributed by atoms with Crippen molar-refractivity contribution in [1.82, 2.24) is 14.8 Å². The molecular weight excluding hydrogens is 386 g/mol. The summed E-state index contributed by atoms with van der Waals surface area (Å²) in [6.45, 7) is 1.44. The van der Waals surface area contributed by atoms with E-state index < -0.39 is 40.3 Å². The van der Waals surface area contributed by atoms with Crippen molar-refractivity contribution < 1.29 is 31.1 Å². The molecule has 0 saturated heterocycles. The minimum absolute atomic E-state index is 0.00655. The Hall–Kier alpha value is -2.24. The number of aromatic nitrogens is 3. The lowest BCUT2D eigenvalue weighted by Gasteiger charge is -2.16. The van der Waals surface area contributed by atoms with E-state index in [1.165, 1.54) is 17.8 Å². The standard InChI is InChI=1S/C14H12F6N4OS/c1-7(26-12-23-21-6-24(12)2)11(25)22-10-4-8(13(15,16)17)3-9(5-10)14(18,19)20/h3-7H,1-2H3,(H,22,25). The Balaban J connectivity index is 2.24. The number of aryl methyl sites for hydroxylation is 1. The minimum Gasteiger partial charge on any atom is -0.325 e. The highest BCUT2D eigenvalue weighted by molar-refractivity contribution is 8.00. The molecule has 1 aromatic heterocycles. The van der Waals surface area contributed by atoms with Crippen molar-refractivity contribution in [2.45, 2.75) is 29.7 Å². The number of carbonyl (C=O) groups excluding carboxylic acids is 1.